The van der Waals surface area contributed by atoms with E-state index in [1.54, 1.807) is 0 Å². The average molecular weight is 334 g/mol. The number of hydrogen-bond donors (Lipinski definition) is 4. The Balaban J connectivity index is 4.56. The Labute approximate surface area is 141 Å². The molecule has 4 unspecified atom stereocenters. The van der Waals surface area contributed by atoms with E-state index >= 15 is 0 Å². The molecule has 0 spiro atoms. The lowest BCUT2D eigenvalue weighted by molar-refractivity contribution is -0.0712. The number of aliphatic hydroxyl groups is 4. The topological polar surface area (TPSA) is 90.2 Å². The van der Waals surface area contributed by atoms with E-state index in [-0.39, 0.29) is 25.4 Å². The molecule has 0 saturated carbocycles. The molecule has 4 N–H and O–H groups in total. The second-order valence-corrected chi connectivity index (χ2v) is 6.52. The Morgan fingerprint density at radius 1 is 0.696 bits per heavy atom. The first kappa shape index (κ1) is 22.8. The van der Waals surface area contributed by atoms with Crippen LogP contribution in [-0.2, 0) is 4.74 Å². The molecule has 0 rings (SSSR count). The van der Waals surface area contributed by atoms with E-state index in [9.17, 15) is 10.2 Å². The third-order valence-electron chi connectivity index (χ3n) is 4.14. The summed E-state index contributed by atoms with van der Waals surface area (Å²) in [6, 6.07) is 0. The summed E-state index contributed by atoms with van der Waals surface area (Å²) < 4.78 is 6.15. The van der Waals surface area contributed by atoms with Crippen molar-refractivity contribution in [3.05, 3.63) is 0 Å². The van der Waals surface area contributed by atoms with Crippen LogP contribution in [0.5, 0.6) is 0 Å². The van der Waals surface area contributed by atoms with Gasteiger partial charge in [0.05, 0.1) is 37.6 Å². The molecule has 0 aliphatic heterocycles. The highest BCUT2D eigenvalue weighted by Crippen LogP contribution is 2.20. The van der Waals surface area contributed by atoms with Crippen LogP contribution in [0.3, 0.4) is 0 Å². The Kier molecular flexibility index (Phi) is 15.2. The van der Waals surface area contributed by atoms with Crippen LogP contribution in [0, 0.1) is 0 Å². The number of unbranched alkanes of at least 4 members (excludes halogenated alkanes) is 4. The molecule has 0 fully saturated rings. The fourth-order valence-electron chi connectivity index (χ4n) is 2.76. The number of aliphatic hydroxyl groups excluding tert-OH is 4. The van der Waals surface area contributed by atoms with E-state index in [1.165, 1.54) is 0 Å². The average Bonchev–Trinajstić information content (AvgIpc) is 2.54. The monoisotopic (exact) mass is 334 g/mol. The van der Waals surface area contributed by atoms with Gasteiger partial charge in [0.2, 0.25) is 0 Å². The van der Waals surface area contributed by atoms with Crippen LogP contribution in [0.1, 0.15) is 78.1 Å². The highest BCUT2D eigenvalue weighted by atomic mass is 16.5. The van der Waals surface area contributed by atoms with Gasteiger partial charge in [0, 0.05) is 12.8 Å². The molecule has 140 valence electrons. The molecule has 0 aromatic carbocycles. The lowest BCUT2D eigenvalue weighted by Gasteiger charge is -2.27. The fraction of sp³-hybridized carbons (Fsp3) is 1.00. The summed E-state index contributed by atoms with van der Waals surface area (Å²) in [4.78, 5) is 0. The smallest absolute Gasteiger partial charge is 0.0795 e. The molecule has 0 heterocycles. The van der Waals surface area contributed by atoms with E-state index in [0.717, 1.165) is 51.4 Å². The minimum Gasteiger partial charge on any atom is -0.394 e. The summed E-state index contributed by atoms with van der Waals surface area (Å²) in [7, 11) is 0. The fourth-order valence-corrected chi connectivity index (χ4v) is 2.76. The molecule has 5 heteroatoms. The number of ether oxygens (including phenoxy) is 1. The Morgan fingerprint density at radius 3 is 1.39 bits per heavy atom. The molecule has 0 amide bonds. The lowest BCUT2D eigenvalue weighted by Crippen LogP contribution is -2.31. The van der Waals surface area contributed by atoms with E-state index in [0.29, 0.717) is 12.8 Å². The molecule has 0 aliphatic carbocycles. The van der Waals surface area contributed by atoms with Crippen molar-refractivity contribution < 1.29 is 25.2 Å². The van der Waals surface area contributed by atoms with Crippen molar-refractivity contribution >= 4 is 0 Å². The molecule has 5 nitrogen and oxygen atoms in total. The van der Waals surface area contributed by atoms with Gasteiger partial charge in [0.1, 0.15) is 0 Å². The summed E-state index contributed by atoms with van der Waals surface area (Å²) >= 11 is 0. The Bertz CT molecular complexity index is 226. The molecule has 0 aromatic heterocycles. The Hall–Kier alpha value is -0.200. The van der Waals surface area contributed by atoms with Gasteiger partial charge in [-0.05, 0) is 12.8 Å². The van der Waals surface area contributed by atoms with E-state index in [2.05, 4.69) is 13.8 Å². The predicted octanol–water partition coefficient (Wildman–Crippen LogP) is 2.39. The highest BCUT2D eigenvalue weighted by molar-refractivity contribution is 4.71. The summed E-state index contributed by atoms with van der Waals surface area (Å²) in [6.45, 7) is 3.77. The van der Waals surface area contributed by atoms with Crippen molar-refractivity contribution in [3.63, 3.8) is 0 Å². The van der Waals surface area contributed by atoms with Gasteiger partial charge in [0.15, 0.2) is 0 Å². The SMILES string of the molecule is CCCCCC(CC(O)CO)OC(CCCCC)CC(O)CO. The molecule has 0 bridgehead atoms. The van der Waals surface area contributed by atoms with Crippen molar-refractivity contribution in [2.45, 2.75) is 102 Å². The molecule has 0 radical (unpaired) electrons. The molecule has 0 aromatic rings. The van der Waals surface area contributed by atoms with Crippen molar-refractivity contribution in [2.75, 3.05) is 13.2 Å². The van der Waals surface area contributed by atoms with Crippen molar-refractivity contribution in [1.29, 1.82) is 0 Å². The maximum absolute atomic E-state index is 9.72. The first-order chi connectivity index (χ1) is 11.1. The summed E-state index contributed by atoms with van der Waals surface area (Å²) in [5.41, 5.74) is 0. The summed E-state index contributed by atoms with van der Waals surface area (Å²) in [6.07, 6.45) is 7.34. The zero-order valence-electron chi connectivity index (χ0n) is 15.0. The molecular formula is C18H38O5. The standard InChI is InChI=1S/C18H38O5/c1-3-5-7-9-17(11-15(21)13-19)23-18(10-8-6-4-2)12-16(22)14-20/h15-22H,3-14H2,1-2H3. The normalized spacial score (nSPS) is 17.0. The second-order valence-electron chi connectivity index (χ2n) is 6.52. The van der Waals surface area contributed by atoms with Crippen molar-refractivity contribution in [1.82, 2.24) is 0 Å². The van der Waals surface area contributed by atoms with Gasteiger partial charge in [-0.25, -0.2) is 0 Å². The van der Waals surface area contributed by atoms with Crippen LogP contribution in [0.15, 0.2) is 0 Å². The summed E-state index contributed by atoms with van der Waals surface area (Å²) in [5, 5.41) is 37.6. The van der Waals surface area contributed by atoms with E-state index in [1.807, 2.05) is 0 Å². The highest BCUT2D eigenvalue weighted by Gasteiger charge is 2.21. The number of hydrogen-bond acceptors (Lipinski definition) is 5. The minimum absolute atomic E-state index is 0.110. The van der Waals surface area contributed by atoms with Crippen LogP contribution >= 0.6 is 0 Å². The van der Waals surface area contributed by atoms with Crippen molar-refractivity contribution in [3.8, 4) is 0 Å². The third kappa shape index (κ3) is 12.8. The van der Waals surface area contributed by atoms with Crippen molar-refractivity contribution in [2.24, 2.45) is 0 Å². The van der Waals surface area contributed by atoms with Gasteiger partial charge in [-0.15, -0.1) is 0 Å². The first-order valence-corrected chi connectivity index (χ1v) is 9.30. The Morgan fingerprint density at radius 2 is 1.09 bits per heavy atom. The molecule has 0 saturated heterocycles. The van der Waals surface area contributed by atoms with Gasteiger partial charge in [0.25, 0.3) is 0 Å². The number of rotatable bonds is 16. The van der Waals surface area contributed by atoms with Gasteiger partial charge in [-0.1, -0.05) is 52.4 Å². The van der Waals surface area contributed by atoms with Crippen LogP contribution < -0.4 is 0 Å². The van der Waals surface area contributed by atoms with E-state index < -0.39 is 12.2 Å². The third-order valence-corrected chi connectivity index (χ3v) is 4.14. The van der Waals surface area contributed by atoms with Gasteiger partial charge in [-0.2, -0.15) is 0 Å². The zero-order chi connectivity index (χ0) is 17.5. The zero-order valence-corrected chi connectivity index (χ0v) is 15.0. The van der Waals surface area contributed by atoms with Gasteiger partial charge in [-0.3, -0.25) is 0 Å². The predicted molar refractivity (Wildman–Crippen MR) is 92.4 cm³/mol. The van der Waals surface area contributed by atoms with Crippen LogP contribution in [0.2, 0.25) is 0 Å². The van der Waals surface area contributed by atoms with Crippen LogP contribution in [-0.4, -0.2) is 58.1 Å². The molecule has 4 atom stereocenters. The molecule has 0 aliphatic rings. The maximum Gasteiger partial charge on any atom is 0.0795 e. The van der Waals surface area contributed by atoms with Crippen LogP contribution in [0.25, 0.3) is 0 Å². The van der Waals surface area contributed by atoms with Gasteiger partial charge < -0.3 is 25.2 Å². The maximum atomic E-state index is 9.72. The van der Waals surface area contributed by atoms with Crippen LogP contribution in [0.4, 0.5) is 0 Å². The minimum atomic E-state index is -0.763. The summed E-state index contributed by atoms with van der Waals surface area (Å²) in [5.74, 6) is 0. The largest absolute Gasteiger partial charge is 0.394 e. The second kappa shape index (κ2) is 15.3. The van der Waals surface area contributed by atoms with Gasteiger partial charge >= 0.3 is 0 Å². The molecule has 23 heavy (non-hydrogen) atoms. The molecular weight excluding hydrogens is 296 g/mol. The quantitative estimate of drug-likeness (QED) is 0.325. The van der Waals surface area contributed by atoms with E-state index in [4.69, 9.17) is 14.9 Å². The first-order valence-electron chi connectivity index (χ1n) is 9.30. The lowest BCUT2D eigenvalue weighted by atomic mass is 10.0.